The first-order valence-corrected chi connectivity index (χ1v) is 7.00. The Balaban J connectivity index is 2.73. The molecule has 6 heteroatoms. The van der Waals surface area contributed by atoms with Gasteiger partial charge in [-0.3, -0.25) is 9.59 Å². The van der Waals surface area contributed by atoms with Crippen molar-refractivity contribution in [3.8, 4) is 5.75 Å². The van der Waals surface area contributed by atoms with Gasteiger partial charge >= 0.3 is 0 Å². The highest BCUT2D eigenvalue weighted by Crippen LogP contribution is 2.16. The van der Waals surface area contributed by atoms with E-state index >= 15 is 0 Å². The SMILES string of the molecule is CCC(CC)(CN)NC(=O)c1ccc(OCC(N)=O)cc1. The first-order chi connectivity index (χ1) is 9.96. The first kappa shape index (κ1) is 17.0. The number of benzene rings is 1. The maximum atomic E-state index is 12.2. The summed E-state index contributed by atoms with van der Waals surface area (Å²) in [6, 6.07) is 6.52. The number of hydrogen-bond donors (Lipinski definition) is 3. The Bertz CT molecular complexity index is 473. The Labute approximate surface area is 124 Å². The van der Waals surface area contributed by atoms with Gasteiger partial charge in [0.15, 0.2) is 6.61 Å². The third-order valence-electron chi connectivity index (χ3n) is 3.62. The number of carbonyl (C=O) groups is 2. The van der Waals surface area contributed by atoms with Gasteiger partial charge in [-0.15, -0.1) is 0 Å². The molecule has 0 aliphatic rings. The van der Waals surface area contributed by atoms with E-state index in [2.05, 4.69) is 5.32 Å². The first-order valence-electron chi connectivity index (χ1n) is 7.00. The summed E-state index contributed by atoms with van der Waals surface area (Å²) in [6.07, 6.45) is 1.54. The van der Waals surface area contributed by atoms with Crippen LogP contribution in [0, 0.1) is 0 Å². The number of carbonyl (C=O) groups excluding carboxylic acids is 2. The van der Waals surface area contributed by atoms with Crippen molar-refractivity contribution >= 4 is 11.8 Å². The van der Waals surface area contributed by atoms with Gasteiger partial charge < -0.3 is 21.5 Å². The molecule has 0 heterocycles. The molecule has 1 aromatic rings. The van der Waals surface area contributed by atoms with Crippen molar-refractivity contribution in [1.82, 2.24) is 5.32 Å². The molecular weight excluding hydrogens is 270 g/mol. The van der Waals surface area contributed by atoms with Gasteiger partial charge in [0.2, 0.25) is 0 Å². The number of nitrogens with two attached hydrogens (primary N) is 2. The molecule has 116 valence electrons. The molecule has 0 fully saturated rings. The molecule has 1 aromatic carbocycles. The number of hydrogen-bond acceptors (Lipinski definition) is 4. The van der Waals surface area contributed by atoms with E-state index in [-0.39, 0.29) is 18.1 Å². The van der Waals surface area contributed by atoms with Crippen molar-refractivity contribution in [1.29, 1.82) is 0 Å². The van der Waals surface area contributed by atoms with Crippen molar-refractivity contribution in [3.63, 3.8) is 0 Å². The second-order valence-corrected chi connectivity index (χ2v) is 4.93. The normalized spacial score (nSPS) is 11.0. The summed E-state index contributed by atoms with van der Waals surface area (Å²) in [5, 5.41) is 2.99. The van der Waals surface area contributed by atoms with Crippen LogP contribution in [0.2, 0.25) is 0 Å². The van der Waals surface area contributed by atoms with Crippen LogP contribution in [0.1, 0.15) is 37.0 Å². The molecule has 6 nitrogen and oxygen atoms in total. The van der Waals surface area contributed by atoms with Gasteiger partial charge in [-0.1, -0.05) is 13.8 Å². The van der Waals surface area contributed by atoms with Gasteiger partial charge in [0.1, 0.15) is 5.75 Å². The third kappa shape index (κ3) is 4.75. The zero-order valence-electron chi connectivity index (χ0n) is 12.5. The van der Waals surface area contributed by atoms with Crippen LogP contribution in [0.25, 0.3) is 0 Å². The largest absolute Gasteiger partial charge is 0.484 e. The zero-order valence-corrected chi connectivity index (χ0v) is 12.5. The molecule has 21 heavy (non-hydrogen) atoms. The minimum Gasteiger partial charge on any atom is -0.484 e. The summed E-state index contributed by atoms with van der Waals surface area (Å²) in [5.41, 5.74) is 10.9. The summed E-state index contributed by atoms with van der Waals surface area (Å²) < 4.78 is 5.14. The fraction of sp³-hybridized carbons (Fsp3) is 0.467. The molecule has 0 radical (unpaired) electrons. The summed E-state index contributed by atoms with van der Waals surface area (Å²) in [4.78, 5) is 22.9. The summed E-state index contributed by atoms with van der Waals surface area (Å²) in [6.45, 7) is 4.20. The van der Waals surface area contributed by atoms with E-state index in [1.54, 1.807) is 24.3 Å². The Hall–Kier alpha value is -2.08. The second kappa shape index (κ2) is 7.64. The predicted molar refractivity (Wildman–Crippen MR) is 81.0 cm³/mol. The van der Waals surface area contributed by atoms with E-state index in [9.17, 15) is 9.59 Å². The topological polar surface area (TPSA) is 107 Å². The molecule has 0 unspecified atom stereocenters. The van der Waals surface area contributed by atoms with E-state index in [1.165, 1.54) is 0 Å². The smallest absolute Gasteiger partial charge is 0.255 e. The maximum Gasteiger partial charge on any atom is 0.255 e. The Morgan fingerprint density at radius 2 is 1.76 bits per heavy atom. The lowest BCUT2D eigenvalue weighted by atomic mass is 9.92. The molecule has 0 bridgehead atoms. The average Bonchev–Trinajstić information content (AvgIpc) is 2.51. The van der Waals surface area contributed by atoms with Gasteiger partial charge in [0, 0.05) is 12.1 Å². The Morgan fingerprint density at radius 1 is 1.19 bits per heavy atom. The molecule has 0 saturated heterocycles. The highest BCUT2D eigenvalue weighted by molar-refractivity contribution is 5.94. The van der Waals surface area contributed by atoms with Gasteiger partial charge in [-0.25, -0.2) is 0 Å². The molecule has 0 aliphatic heterocycles. The average molecular weight is 293 g/mol. The highest BCUT2D eigenvalue weighted by Gasteiger charge is 2.26. The van der Waals surface area contributed by atoms with Crippen molar-refractivity contribution in [2.45, 2.75) is 32.2 Å². The fourth-order valence-corrected chi connectivity index (χ4v) is 1.94. The maximum absolute atomic E-state index is 12.2. The van der Waals surface area contributed by atoms with Crippen molar-refractivity contribution in [2.75, 3.05) is 13.2 Å². The number of rotatable bonds is 8. The quantitative estimate of drug-likeness (QED) is 0.658. The van der Waals surface area contributed by atoms with Crippen molar-refractivity contribution < 1.29 is 14.3 Å². The zero-order chi connectivity index (χ0) is 15.9. The lowest BCUT2D eigenvalue weighted by Gasteiger charge is -2.31. The van der Waals surface area contributed by atoms with E-state index in [0.29, 0.717) is 17.9 Å². The molecular formula is C15H23N3O3. The van der Waals surface area contributed by atoms with Crippen LogP contribution >= 0.6 is 0 Å². The molecule has 0 aliphatic carbocycles. The number of nitrogens with one attached hydrogen (secondary N) is 1. The van der Waals surface area contributed by atoms with Gasteiger partial charge in [0.25, 0.3) is 11.8 Å². The second-order valence-electron chi connectivity index (χ2n) is 4.93. The predicted octanol–water partition coefficient (Wildman–Crippen LogP) is 0.798. The van der Waals surface area contributed by atoms with Crippen LogP contribution in [-0.2, 0) is 4.79 Å². The van der Waals surface area contributed by atoms with Crippen LogP contribution in [0.5, 0.6) is 5.75 Å². The fourth-order valence-electron chi connectivity index (χ4n) is 1.94. The van der Waals surface area contributed by atoms with Crippen LogP contribution in [0.15, 0.2) is 24.3 Å². The van der Waals surface area contributed by atoms with E-state index < -0.39 is 5.91 Å². The molecule has 0 saturated carbocycles. The van der Waals surface area contributed by atoms with Gasteiger partial charge in [-0.05, 0) is 37.1 Å². The van der Waals surface area contributed by atoms with Crippen LogP contribution < -0.4 is 21.5 Å². The summed E-state index contributed by atoms with van der Waals surface area (Å²) in [7, 11) is 0. The highest BCUT2D eigenvalue weighted by atomic mass is 16.5. The van der Waals surface area contributed by atoms with Crippen molar-refractivity contribution in [2.24, 2.45) is 11.5 Å². The lowest BCUT2D eigenvalue weighted by molar-refractivity contribution is -0.119. The summed E-state index contributed by atoms with van der Waals surface area (Å²) >= 11 is 0. The van der Waals surface area contributed by atoms with E-state index in [0.717, 1.165) is 12.8 Å². The minimum absolute atomic E-state index is 0.175. The lowest BCUT2D eigenvalue weighted by Crippen LogP contribution is -2.52. The number of primary amides is 1. The monoisotopic (exact) mass is 293 g/mol. The molecule has 5 N–H and O–H groups in total. The van der Waals surface area contributed by atoms with E-state index in [4.69, 9.17) is 16.2 Å². The summed E-state index contributed by atoms with van der Waals surface area (Å²) in [5.74, 6) is -0.234. The van der Waals surface area contributed by atoms with Crippen LogP contribution in [-0.4, -0.2) is 30.5 Å². The standard InChI is InChI=1S/C15H23N3O3/c1-3-15(4-2,10-16)18-14(20)11-5-7-12(8-6-11)21-9-13(17)19/h5-8H,3-4,9-10,16H2,1-2H3,(H2,17,19)(H,18,20). The van der Waals surface area contributed by atoms with Gasteiger partial charge in [-0.2, -0.15) is 0 Å². The molecule has 2 amide bonds. The Morgan fingerprint density at radius 3 is 2.19 bits per heavy atom. The van der Waals surface area contributed by atoms with E-state index in [1.807, 2.05) is 13.8 Å². The van der Waals surface area contributed by atoms with Gasteiger partial charge in [0.05, 0.1) is 5.54 Å². The van der Waals surface area contributed by atoms with Crippen molar-refractivity contribution in [3.05, 3.63) is 29.8 Å². The Kier molecular flexibility index (Phi) is 6.17. The molecule has 0 aromatic heterocycles. The van der Waals surface area contributed by atoms with Crippen LogP contribution in [0.3, 0.4) is 0 Å². The molecule has 0 spiro atoms. The molecule has 0 atom stereocenters. The minimum atomic E-state index is -0.546. The third-order valence-corrected chi connectivity index (χ3v) is 3.62. The number of amides is 2. The van der Waals surface area contributed by atoms with Crippen LogP contribution in [0.4, 0.5) is 0 Å². The number of ether oxygens (including phenoxy) is 1. The molecule has 1 rings (SSSR count).